The SMILES string of the molecule is O=C(COc1ccc2nc3n(c(=O)c2c1)CCC3)N(CCO)CCO. The van der Waals surface area contributed by atoms with Crippen LogP contribution in [0.5, 0.6) is 5.75 Å². The lowest BCUT2D eigenvalue weighted by atomic mass is 10.2. The van der Waals surface area contributed by atoms with E-state index in [1.165, 1.54) is 4.90 Å². The number of carbonyl (C=O) groups excluding carboxylic acids is 1. The Kier molecular flexibility index (Phi) is 5.30. The number of hydrogen-bond donors (Lipinski definition) is 2. The number of rotatable bonds is 7. The van der Waals surface area contributed by atoms with Crippen LogP contribution >= 0.6 is 0 Å². The number of amides is 1. The van der Waals surface area contributed by atoms with Crippen LogP contribution in [0.1, 0.15) is 12.2 Å². The largest absolute Gasteiger partial charge is 0.484 e. The van der Waals surface area contributed by atoms with Gasteiger partial charge in [0.25, 0.3) is 11.5 Å². The first kappa shape index (κ1) is 17.4. The topological polar surface area (TPSA) is 105 Å². The number of fused-ring (bicyclic) bond motifs is 2. The van der Waals surface area contributed by atoms with Gasteiger partial charge in [0, 0.05) is 26.1 Å². The van der Waals surface area contributed by atoms with Crippen molar-refractivity contribution in [1.29, 1.82) is 0 Å². The summed E-state index contributed by atoms with van der Waals surface area (Å²) >= 11 is 0. The second kappa shape index (κ2) is 7.62. The van der Waals surface area contributed by atoms with Crippen LogP contribution in [0, 0.1) is 0 Å². The Morgan fingerprint density at radius 2 is 2.04 bits per heavy atom. The molecule has 8 heteroatoms. The third-order valence-corrected chi connectivity index (χ3v) is 4.24. The predicted molar refractivity (Wildman–Crippen MR) is 90.6 cm³/mol. The molecule has 2 aromatic rings. The van der Waals surface area contributed by atoms with Gasteiger partial charge in [0.05, 0.1) is 24.1 Å². The van der Waals surface area contributed by atoms with E-state index in [9.17, 15) is 9.59 Å². The molecule has 2 N–H and O–H groups in total. The number of aromatic nitrogens is 2. The van der Waals surface area contributed by atoms with Crippen LogP contribution < -0.4 is 10.3 Å². The molecule has 0 aliphatic carbocycles. The van der Waals surface area contributed by atoms with Crippen molar-refractivity contribution in [2.75, 3.05) is 32.9 Å². The highest BCUT2D eigenvalue weighted by Crippen LogP contribution is 2.19. The smallest absolute Gasteiger partial charge is 0.261 e. The fourth-order valence-electron chi connectivity index (χ4n) is 2.99. The second-order valence-electron chi connectivity index (χ2n) is 5.88. The molecule has 134 valence electrons. The number of aliphatic hydroxyl groups excluding tert-OH is 2. The summed E-state index contributed by atoms with van der Waals surface area (Å²) in [4.78, 5) is 30.4. The van der Waals surface area contributed by atoms with Crippen LogP contribution in [0.15, 0.2) is 23.0 Å². The molecule has 1 aliphatic rings. The van der Waals surface area contributed by atoms with Crippen molar-refractivity contribution in [3.8, 4) is 5.75 Å². The molecule has 25 heavy (non-hydrogen) atoms. The van der Waals surface area contributed by atoms with E-state index in [1.54, 1.807) is 22.8 Å². The van der Waals surface area contributed by atoms with E-state index >= 15 is 0 Å². The van der Waals surface area contributed by atoms with Crippen LogP contribution in [-0.4, -0.2) is 63.5 Å². The van der Waals surface area contributed by atoms with E-state index in [0.717, 1.165) is 18.7 Å². The highest BCUT2D eigenvalue weighted by Gasteiger charge is 2.17. The van der Waals surface area contributed by atoms with Crippen molar-refractivity contribution in [2.45, 2.75) is 19.4 Å². The molecule has 0 atom stereocenters. The van der Waals surface area contributed by atoms with Crippen LogP contribution in [0.4, 0.5) is 0 Å². The summed E-state index contributed by atoms with van der Waals surface area (Å²) in [5.74, 6) is 0.878. The first-order valence-electron chi connectivity index (χ1n) is 8.30. The first-order valence-corrected chi connectivity index (χ1v) is 8.30. The lowest BCUT2D eigenvalue weighted by molar-refractivity contribution is -0.134. The number of carbonyl (C=O) groups is 1. The average Bonchev–Trinajstić information content (AvgIpc) is 3.08. The molecule has 0 saturated heterocycles. The molecule has 2 heterocycles. The Hall–Kier alpha value is -2.45. The number of nitrogens with zero attached hydrogens (tertiary/aromatic N) is 3. The van der Waals surface area contributed by atoms with E-state index < -0.39 is 0 Å². The molecule has 8 nitrogen and oxygen atoms in total. The van der Waals surface area contributed by atoms with Gasteiger partial charge in [-0.1, -0.05) is 0 Å². The van der Waals surface area contributed by atoms with Gasteiger partial charge in [-0.05, 0) is 24.6 Å². The Labute approximate surface area is 144 Å². The van der Waals surface area contributed by atoms with Gasteiger partial charge in [-0.2, -0.15) is 0 Å². The van der Waals surface area contributed by atoms with Gasteiger partial charge in [-0.25, -0.2) is 4.98 Å². The maximum absolute atomic E-state index is 12.5. The molecule has 0 unspecified atom stereocenters. The van der Waals surface area contributed by atoms with E-state index in [4.69, 9.17) is 14.9 Å². The zero-order valence-corrected chi connectivity index (χ0v) is 13.8. The van der Waals surface area contributed by atoms with Gasteiger partial charge in [0.15, 0.2) is 6.61 Å². The van der Waals surface area contributed by atoms with Crippen molar-refractivity contribution in [3.63, 3.8) is 0 Å². The molecule has 1 amide bonds. The number of aryl methyl sites for hydroxylation is 1. The van der Waals surface area contributed by atoms with Gasteiger partial charge in [-0.15, -0.1) is 0 Å². The van der Waals surface area contributed by atoms with Crippen LogP contribution in [0.25, 0.3) is 10.9 Å². The van der Waals surface area contributed by atoms with Crippen molar-refractivity contribution in [2.24, 2.45) is 0 Å². The Bertz CT molecular complexity index is 827. The molecule has 1 aromatic carbocycles. The van der Waals surface area contributed by atoms with Gasteiger partial charge in [0.2, 0.25) is 0 Å². The Morgan fingerprint density at radius 3 is 2.76 bits per heavy atom. The fourth-order valence-corrected chi connectivity index (χ4v) is 2.99. The third-order valence-electron chi connectivity index (χ3n) is 4.24. The zero-order valence-electron chi connectivity index (χ0n) is 13.8. The zero-order chi connectivity index (χ0) is 17.8. The molecular weight excluding hydrogens is 326 g/mol. The van der Waals surface area contributed by atoms with Crippen molar-refractivity contribution in [1.82, 2.24) is 14.5 Å². The molecular formula is C17H21N3O5. The van der Waals surface area contributed by atoms with Gasteiger partial charge in [0.1, 0.15) is 11.6 Å². The number of aliphatic hydroxyl groups is 2. The molecule has 0 bridgehead atoms. The van der Waals surface area contributed by atoms with E-state index in [-0.39, 0.29) is 44.4 Å². The Balaban J connectivity index is 1.76. The summed E-state index contributed by atoms with van der Waals surface area (Å²) in [6, 6.07) is 5.00. The molecule has 0 spiro atoms. The highest BCUT2D eigenvalue weighted by molar-refractivity contribution is 5.80. The minimum atomic E-state index is -0.341. The molecule has 0 saturated carbocycles. The summed E-state index contributed by atoms with van der Waals surface area (Å²) in [5, 5.41) is 18.4. The van der Waals surface area contributed by atoms with Crippen molar-refractivity contribution >= 4 is 16.8 Å². The maximum atomic E-state index is 12.5. The minimum absolute atomic E-state index is 0.0866. The number of hydrogen-bond acceptors (Lipinski definition) is 6. The third kappa shape index (κ3) is 3.64. The summed E-state index contributed by atoms with van der Waals surface area (Å²) < 4.78 is 7.18. The standard InChI is InChI=1S/C17H21N3O5/c21-8-6-19(7-9-22)16(23)11-25-12-3-4-14-13(10-12)17(24)20-5-1-2-15(20)18-14/h3-4,10,21-22H,1-2,5-9,11H2. The monoisotopic (exact) mass is 347 g/mol. The van der Waals surface area contributed by atoms with Gasteiger partial charge < -0.3 is 19.8 Å². The highest BCUT2D eigenvalue weighted by atomic mass is 16.5. The van der Waals surface area contributed by atoms with Gasteiger partial charge >= 0.3 is 0 Å². The summed E-state index contributed by atoms with van der Waals surface area (Å²) in [6.07, 6.45) is 1.73. The summed E-state index contributed by atoms with van der Waals surface area (Å²) in [5.41, 5.74) is 0.537. The van der Waals surface area contributed by atoms with E-state index in [0.29, 0.717) is 23.2 Å². The van der Waals surface area contributed by atoms with Gasteiger partial charge in [-0.3, -0.25) is 14.2 Å². The first-order chi connectivity index (χ1) is 12.1. The molecule has 0 radical (unpaired) electrons. The van der Waals surface area contributed by atoms with E-state index in [1.807, 2.05) is 0 Å². The summed E-state index contributed by atoms with van der Waals surface area (Å²) in [6.45, 7) is 0.351. The number of ether oxygens (including phenoxy) is 1. The van der Waals surface area contributed by atoms with E-state index in [2.05, 4.69) is 4.98 Å². The lowest BCUT2D eigenvalue weighted by Crippen LogP contribution is -2.38. The van der Waals surface area contributed by atoms with Crippen LogP contribution in [0.2, 0.25) is 0 Å². The van der Waals surface area contributed by atoms with Crippen molar-refractivity contribution in [3.05, 3.63) is 34.4 Å². The maximum Gasteiger partial charge on any atom is 0.261 e. The molecule has 1 aromatic heterocycles. The normalized spacial score (nSPS) is 13.0. The summed E-state index contributed by atoms with van der Waals surface area (Å²) in [7, 11) is 0. The van der Waals surface area contributed by atoms with Crippen molar-refractivity contribution < 1.29 is 19.7 Å². The van der Waals surface area contributed by atoms with Crippen LogP contribution in [0.3, 0.4) is 0 Å². The fraction of sp³-hybridized carbons (Fsp3) is 0.471. The Morgan fingerprint density at radius 1 is 1.28 bits per heavy atom. The lowest BCUT2D eigenvalue weighted by Gasteiger charge is -2.20. The quantitative estimate of drug-likeness (QED) is 0.702. The predicted octanol–water partition coefficient (Wildman–Crippen LogP) is -0.465. The molecule has 1 aliphatic heterocycles. The van der Waals surface area contributed by atoms with Crippen LogP contribution in [-0.2, 0) is 17.8 Å². The molecule has 3 rings (SSSR count). The number of benzene rings is 1. The average molecular weight is 347 g/mol. The minimum Gasteiger partial charge on any atom is -0.484 e. The molecule has 0 fully saturated rings. The second-order valence-corrected chi connectivity index (χ2v) is 5.88.